The van der Waals surface area contributed by atoms with Gasteiger partial charge in [-0.25, -0.2) is 0 Å². The van der Waals surface area contributed by atoms with E-state index in [0.29, 0.717) is 16.3 Å². The summed E-state index contributed by atoms with van der Waals surface area (Å²) in [5.74, 6) is 5.17. The molecule has 5 heteroatoms. The number of carbonyl (C=O) groups excluding carboxylic acids is 1. The van der Waals surface area contributed by atoms with Gasteiger partial charge >= 0.3 is 0 Å². The molecule has 0 fully saturated rings. The van der Waals surface area contributed by atoms with Crippen LogP contribution in [0, 0.1) is 13.8 Å². The van der Waals surface area contributed by atoms with Gasteiger partial charge < -0.3 is 10.7 Å². The number of rotatable bonds is 3. The highest BCUT2D eigenvalue weighted by Gasteiger charge is 2.14. The van der Waals surface area contributed by atoms with Crippen LogP contribution >= 0.6 is 11.6 Å². The molecule has 0 bridgehead atoms. The van der Waals surface area contributed by atoms with E-state index < -0.39 is 0 Å². The third kappa shape index (κ3) is 2.92. The first-order chi connectivity index (χ1) is 9.52. The minimum absolute atomic E-state index is 0.252. The highest BCUT2D eigenvalue weighted by molar-refractivity contribution is 6.31. The van der Waals surface area contributed by atoms with Gasteiger partial charge in [0.1, 0.15) is 0 Å². The molecule has 2 aromatic carbocycles. The Balaban J connectivity index is 2.35. The number of anilines is 2. The Bertz CT molecular complexity index is 635. The van der Waals surface area contributed by atoms with Gasteiger partial charge in [0, 0.05) is 10.7 Å². The lowest BCUT2D eigenvalue weighted by molar-refractivity contribution is 0.102. The van der Waals surface area contributed by atoms with E-state index in [-0.39, 0.29) is 5.91 Å². The number of nitrogens with two attached hydrogens (primary N) is 1. The Morgan fingerprint density at radius 3 is 2.40 bits per heavy atom. The van der Waals surface area contributed by atoms with Gasteiger partial charge in [0.25, 0.3) is 5.91 Å². The van der Waals surface area contributed by atoms with E-state index in [1.165, 1.54) is 0 Å². The molecule has 104 valence electrons. The minimum atomic E-state index is -0.252. The molecule has 0 aliphatic rings. The first kappa shape index (κ1) is 14.4. The fourth-order valence-corrected chi connectivity index (χ4v) is 2.19. The molecule has 0 aliphatic carbocycles. The van der Waals surface area contributed by atoms with Gasteiger partial charge in [0.05, 0.1) is 11.3 Å². The highest BCUT2D eigenvalue weighted by atomic mass is 35.5. The third-order valence-corrected chi connectivity index (χ3v) is 3.34. The number of benzene rings is 2. The van der Waals surface area contributed by atoms with Crippen molar-refractivity contribution in [2.24, 2.45) is 5.84 Å². The maximum Gasteiger partial charge on any atom is 0.257 e. The Morgan fingerprint density at radius 1 is 1.15 bits per heavy atom. The summed E-state index contributed by atoms with van der Waals surface area (Å²) in [6.07, 6.45) is 0. The van der Waals surface area contributed by atoms with Gasteiger partial charge in [-0.05, 0) is 43.2 Å². The van der Waals surface area contributed by atoms with E-state index in [2.05, 4.69) is 10.7 Å². The molecule has 1 amide bonds. The normalized spacial score (nSPS) is 10.2. The molecule has 0 saturated carbocycles. The van der Waals surface area contributed by atoms with Gasteiger partial charge in [-0.2, -0.15) is 0 Å². The summed E-state index contributed by atoms with van der Waals surface area (Å²) < 4.78 is 0. The number of carbonyl (C=O) groups is 1. The van der Waals surface area contributed by atoms with Crippen molar-refractivity contribution in [1.29, 1.82) is 0 Å². The SMILES string of the molecule is Cc1cccc(C)c1NC(=O)c1cc(Cl)ccc1NN. The molecular formula is C15H16ClN3O. The van der Waals surface area contributed by atoms with E-state index in [1.54, 1.807) is 18.2 Å². The first-order valence-electron chi connectivity index (χ1n) is 6.16. The smallest absolute Gasteiger partial charge is 0.257 e. The van der Waals surface area contributed by atoms with Crippen molar-refractivity contribution in [3.05, 3.63) is 58.1 Å². The summed E-state index contributed by atoms with van der Waals surface area (Å²) in [6.45, 7) is 3.89. The van der Waals surface area contributed by atoms with Crippen molar-refractivity contribution in [3.63, 3.8) is 0 Å². The maximum atomic E-state index is 12.4. The molecule has 0 saturated heterocycles. The lowest BCUT2D eigenvalue weighted by atomic mass is 10.1. The average Bonchev–Trinajstić information content (AvgIpc) is 2.43. The second-order valence-corrected chi connectivity index (χ2v) is 4.99. The zero-order valence-corrected chi connectivity index (χ0v) is 12.1. The number of aryl methyl sites for hydroxylation is 2. The van der Waals surface area contributed by atoms with Crippen molar-refractivity contribution < 1.29 is 4.79 Å². The van der Waals surface area contributed by atoms with Gasteiger partial charge in [-0.3, -0.25) is 10.6 Å². The van der Waals surface area contributed by atoms with Crippen molar-refractivity contribution in [2.45, 2.75) is 13.8 Å². The van der Waals surface area contributed by atoms with E-state index in [4.69, 9.17) is 17.4 Å². The average molecular weight is 290 g/mol. The number of hydrogen-bond acceptors (Lipinski definition) is 3. The van der Waals surface area contributed by atoms with Crippen molar-refractivity contribution >= 4 is 28.9 Å². The predicted octanol–water partition coefficient (Wildman–Crippen LogP) is 3.49. The zero-order valence-electron chi connectivity index (χ0n) is 11.3. The van der Waals surface area contributed by atoms with E-state index in [9.17, 15) is 4.79 Å². The summed E-state index contributed by atoms with van der Waals surface area (Å²) in [5, 5.41) is 3.39. The van der Waals surface area contributed by atoms with Crippen molar-refractivity contribution in [1.82, 2.24) is 0 Å². The standard InChI is InChI=1S/C15H16ClN3O/c1-9-4-3-5-10(2)14(9)18-15(20)12-8-11(16)6-7-13(12)19-17/h3-8,19H,17H2,1-2H3,(H,18,20). The largest absolute Gasteiger partial charge is 0.323 e. The quantitative estimate of drug-likeness (QED) is 0.598. The van der Waals surface area contributed by atoms with Crippen LogP contribution in [0.3, 0.4) is 0 Å². The van der Waals surface area contributed by atoms with Gasteiger partial charge in [0.15, 0.2) is 0 Å². The molecule has 0 atom stereocenters. The molecule has 4 nitrogen and oxygen atoms in total. The van der Waals surface area contributed by atoms with Crippen LogP contribution in [-0.4, -0.2) is 5.91 Å². The van der Waals surface area contributed by atoms with Crippen LogP contribution in [0.4, 0.5) is 11.4 Å². The minimum Gasteiger partial charge on any atom is -0.323 e. The lowest BCUT2D eigenvalue weighted by Gasteiger charge is -2.13. The predicted molar refractivity (Wildman–Crippen MR) is 83.1 cm³/mol. The number of hydrazine groups is 1. The molecule has 2 rings (SSSR count). The van der Waals surface area contributed by atoms with E-state index >= 15 is 0 Å². The van der Waals surface area contributed by atoms with Crippen LogP contribution in [0.15, 0.2) is 36.4 Å². The van der Waals surface area contributed by atoms with Gasteiger partial charge in [-0.15, -0.1) is 0 Å². The number of nitrogens with one attached hydrogen (secondary N) is 2. The number of amides is 1. The highest BCUT2D eigenvalue weighted by Crippen LogP contribution is 2.24. The fraction of sp³-hybridized carbons (Fsp3) is 0.133. The lowest BCUT2D eigenvalue weighted by Crippen LogP contribution is -2.18. The van der Waals surface area contributed by atoms with E-state index in [0.717, 1.165) is 16.8 Å². The molecule has 20 heavy (non-hydrogen) atoms. The van der Waals surface area contributed by atoms with Gasteiger partial charge in [-0.1, -0.05) is 29.8 Å². The van der Waals surface area contributed by atoms with Crippen LogP contribution in [0.1, 0.15) is 21.5 Å². The third-order valence-electron chi connectivity index (χ3n) is 3.10. The Morgan fingerprint density at radius 2 is 1.80 bits per heavy atom. The number of para-hydroxylation sites is 1. The van der Waals surface area contributed by atoms with Crippen LogP contribution in [0.25, 0.3) is 0 Å². The molecule has 0 aromatic heterocycles. The fourth-order valence-electron chi connectivity index (χ4n) is 2.02. The van der Waals surface area contributed by atoms with E-state index in [1.807, 2.05) is 32.0 Å². The Kier molecular flexibility index (Phi) is 4.27. The molecular weight excluding hydrogens is 274 g/mol. The summed E-state index contributed by atoms with van der Waals surface area (Å²) in [5.41, 5.74) is 6.24. The van der Waals surface area contributed by atoms with Crippen molar-refractivity contribution in [2.75, 3.05) is 10.7 Å². The summed E-state index contributed by atoms with van der Waals surface area (Å²) in [6, 6.07) is 10.8. The Hall–Kier alpha value is -2.04. The first-order valence-corrected chi connectivity index (χ1v) is 6.54. The second-order valence-electron chi connectivity index (χ2n) is 4.56. The zero-order chi connectivity index (χ0) is 14.7. The molecule has 2 aromatic rings. The second kappa shape index (κ2) is 5.94. The number of halogens is 1. The molecule has 0 aliphatic heterocycles. The maximum absolute atomic E-state index is 12.4. The molecule has 0 heterocycles. The summed E-state index contributed by atoms with van der Waals surface area (Å²) in [4.78, 5) is 12.4. The number of nitrogen functional groups attached to an aromatic ring is 1. The summed E-state index contributed by atoms with van der Waals surface area (Å²) >= 11 is 5.93. The van der Waals surface area contributed by atoms with Crippen LogP contribution in [0.2, 0.25) is 5.02 Å². The summed E-state index contributed by atoms with van der Waals surface area (Å²) in [7, 11) is 0. The molecule has 4 N–H and O–H groups in total. The molecule has 0 spiro atoms. The van der Waals surface area contributed by atoms with Crippen LogP contribution in [0.5, 0.6) is 0 Å². The van der Waals surface area contributed by atoms with Crippen molar-refractivity contribution in [3.8, 4) is 0 Å². The molecule has 0 radical (unpaired) electrons. The topological polar surface area (TPSA) is 67.2 Å². The number of hydrogen-bond donors (Lipinski definition) is 3. The van der Waals surface area contributed by atoms with Gasteiger partial charge in [0.2, 0.25) is 0 Å². The van der Waals surface area contributed by atoms with Crippen LogP contribution < -0.4 is 16.6 Å². The Labute approximate surface area is 122 Å². The van der Waals surface area contributed by atoms with Crippen LogP contribution in [-0.2, 0) is 0 Å². The monoisotopic (exact) mass is 289 g/mol. The molecule has 0 unspecified atom stereocenters.